The highest BCUT2D eigenvalue weighted by Crippen LogP contribution is 2.50. The van der Waals surface area contributed by atoms with Crippen LogP contribution in [0.1, 0.15) is 50.3 Å². The average Bonchev–Trinajstić information content (AvgIpc) is 2.78. The number of ether oxygens (including phenoxy) is 2. The molecule has 0 aromatic heterocycles. The summed E-state index contributed by atoms with van der Waals surface area (Å²) in [5.41, 5.74) is 0.349. The molecular formula is C26H28N2O6. The molecule has 3 atom stereocenters. The van der Waals surface area contributed by atoms with E-state index in [-0.39, 0.29) is 5.69 Å². The third kappa shape index (κ3) is 3.99. The summed E-state index contributed by atoms with van der Waals surface area (Å²) in [6, 6.07) is 9.02. The summed E-state index contributed by atoms with van der Waals surface area (Å²) >= 11 is 0. The molecule has 8 heteroatoms. The van der Waals surface area contributed by atoms with Gasteiger partial charge in [0.2, 0.25) is 0 Å². The number of rotatable bonds is 6. The van der Waals surface area contributed by atoms with Crippen molar-refractivity contribution in [1.29, 1.82) is 0 Å². The zero-order valence-electron chi connectivity index (χ0n) is 19.6. The van der Waals surface area contributed by atoms with Crippen molar-refractivity contribution in [2.45, 2.75) is 50.9 Å². The van der Waals surface area contributed by atoms with Gasteiger partial charge in [-0.05, 0) is 69.5 Å². The number of benzene rings is 2. The number of hydrogen-bond donors (Lipinski definition) is 2. The van der Waals surface area contributed by atoms with Crippen molar-refractivity contribution in [3.63, 3.8) is 0 Å². The maximum Gasteiger partial charge on any atom is 0.269 e. The van der Waals surface area contributed by atoms with Crippen LogP contribution in [0.25, 0.3) is 6.08 Å². The number of nitro benzene ring substituents is 1. The van der Waals surface area contributed by atoms with Crippen LogP contribution >= 0.6 is 0 Å². The van der Waals surface area contributed by atoms with Crippen molar-refractivity contribution in [3.05, 3.63) is 80.9 Å². The van der Waals surface area contributed by atoms with Gasteiger partial charge in [0.05, 0.1) is 16.2 Å². The number of nitrogens with one attached hydrogen (secondary N) is 1. The Bertz CT molecular complexity index is 1200. The van der Waals surface area contributed by atoms with Crippen molar-refractivity contribution in [1.82, 2.24) is 0 Å². The quantitative estimate of drug-likeness (QED) is 0.364. The minimum atomic E-state index is -1.93. The fraction of sp³-hybridized carbons (Fsp3) is 0.346. The molecule has 0 bridgehead atoms. The SMILES string of the molecule is CO[C@@H]1C(=O)Nc2ccc3c(c2[C@@]1(O)c1ccc([N+](=O)[O-])cc1)O[C@@](C)(CCC=C(C)C)C=C3. The molecule has 0 saturated carbocycles. The van der Waals surface area contributed by atoms with E-state index in [9.17, 15) is 20.0 Å². The van der Waals surface area contributed by atoms with Gasteiger partial charge in [-0.2, -0.15) is 0 Å². The molecule has 2 aliphatic heterocycles. The fourth-order valence-electron chi connectivity index (χ4n) is 4.57. The van der Waals surface area contributed by atoms with E-state index in [2.05, 4.69) is 11.4 Å². The Morgan fingerprint density at radius 3 is 2.59 bits per heavy atom. The summed E-state index contributed by atoms with van der Waals surface area (Å²) in [6.45, 7) is 6.07. The minimum absolute atomic E-state index is 0.122. The molecular weight excluding hydrogens is 436 g/mol. The number of anilines is 1. The molecule has 4 rings (SSSR count). The second-order valence-corrected chi connectivity index (χ2v) is 9.15. The highest BCUT2D eigenvalue weighted by atomic mass is 16.6. The molecule has 8 nitrogen and oxygen atoms in total. The number of nitro groups is 1. The summed E-state index contributed by atoms with van der Waals surface area (Å²) in [5.74, 6) is -0.0731. The maximum atomic E-state index is 12.9. The first kappa shape index (κ1) is 23.7. The first-order chi connectivity index (χ1) is 16.1. The molecule has 2 aliphatic rings. The third-order valence-electron chi connectivity index (χ3n) is 6.34. The van der Waals surface area contributed by atoms with Crippen LogP contribution in [0.3, 0.4) is 0 Å². The molecule has 0 fully saturated rings. The molecule has 2 aromatic carbocycles. The Morgan fingerprint density at radius 1 is 1.26 bits per heavy atom. The summed E-state index contributed by atoms with van der Waals surface area (Å²) in [7, 11) is 1.34. The van der Waals surface area contributed by atoms with Crippen LogP contribution in [-0.2, 0) is 15.1 Å². The van der Waals surface area contributed by atoms with E-state index in [0.29, 0.717) is 29.0 Å². The van der Waals surface area contributed by atoms with Crippen molar-refractivity contribution in [3.8, 4) is 5.75 Å². The highest BCUT2D eigenvalue weighted by molar-refractivity contribution is 6.01. The number of carbonyl (C=O) groups excluding carboxylic acids is 1. The van der Waals surface area contributed by atoms with Crippen molar-refractivity contribution in [2.75, 3.05) is 12.4 Å². The lowest BCUT2D eigenvalue weighted by molar-refractivity contribution is -0.384. The van der Waals surface area contributed by atoms with Gasteiger partial charge < -0.3 is 19.9 Å². The van der Waals surface area contributed by atoms with E-state index in [4.69, 9.17) is 9.47 Å². The third-order valence-corrected chi connectivity index (χ3v) is 6.34. The van der Waals surface area contributed by atoms with Crippen LogP contribution < -0.4 is 10.1 Å². The molecule has 34 heavy (non-hydrogen) atoms. The second kappa shape index (κ2) is 8.70. The van der Waals surface area contributed by atoms with Crippen LogP contribution in [0, 0.1) is 10.1 Å². The smallest absolute Gasteiger partial charge is 0.269 e. The number of fused-ring (bicyclic) bond motifs is 3. The number of methoxy groups -OCH3 is 1. The molecule has 2 N–H and O–H groups in total. The Kier molecular flexibility index (Phi) is 6.05. The molecule has 0 aliphatic carbocycles. The zero-order chi connectivity index (χ0) is 24.7. The number of allylic oxidation sites excluding steroid dienone is 2. The summed E-state index contributed by atoms with van der Waals surface area (Å²) < 4.78 is 12.0. The number of amides is 1. The summed E-state index contributed by atoms with van der Waals surface area (Å²) in [6.07, 6.45) is 6.34. The molecule has 0 saturated heterocycles. The van der Waals surface area contributed by atoms with Crippen LogP contribution in [-0.4, -0.2) is 34.8 Å². The first-order valence-corrected chi connectivity index (χ1v) is 11.1. The molecule has 0 unspecified atom stereocenters. The van der Waals surface area contributed by atoms with E-state index in [1.807, 2.05) is 39.0 Å². The fourth-order valence-corrected chi connectivity index (χ4v) is 4.57. The van der Waals surface area contributed by atoms with E-state index in [1.54, 1.807) is 6.07 Å². The highest BCUT2D eigenvalue weighted by Gasteiger charge is 2.52. The van der Waals surface area contributed by atoms with Gasteiger partial charge in [-0.25, -0.2) is 0 Å². The van der Waals surface area contributed by atoms with E-state index >= 15 is 0 Å². The molecule has 2 heterocycles. The Morgan fingerprint density at radius 2 is 1.97 bits per heavy atom. The van der Waals surface area contributed by atoms with Crippen molar-refractivity contribution >= 4 is 23.4 Å². The Labute approximate surface area is 198 Å². The van der Waals surface area contributed by atoms with E-state index < -0.39 is 28.1 Å². The second-order valence-electron chi connectivity index (χ2n) is 9.15. The Hall–Kier alpha value is -3.49. The van der Waals surface area contributed by atoms with Gasteiger partial charge >= 0.3 is 0 Å². The standard InChI is InChI=1S/C26H28N2O6/c1-16(2)6-5-14-25(3)15-13-17-7-12-20-21(22(17)34-25)26(30,23(33-4)24(29)27-20)18-8-10-19(11-9-18)28(31)32/h6-13,15,23,30H,5,14H2,1-4H3,(H,27,29)/t23-,25+,26+/m1/s1. The van der Waals surface area contributed by atoms with Gasteiger partial charge in [-0.15, -0.1) is 0 Å². The van der Waals surface area contributed by atoms with E-state index in [0.717, 1.165) is 12.0 Å². The van der Waals surface area contributed by atoms with Crippen LogP contribution in [0.5, 0.6) is 5.75 Å². The average molecular weight is 465 g/mol. The number of hydrogen-bond acceptors (Lipinski definition) is 6. The molecule has 2 aromatic rings. The van der Waals surface area contributed by atoms with Gasteiger partial charge in [0.25, 0.3) is 11.6 Å². The number of aliphatic hydroxyl groups is 1. The topological polar surface area (TPSA) is 111 Å². The zero-order valence-corrected chi connectivity index (χ0v) is 19.6. The largest absolute Gasteiger partial charge is 0.482 e. The number of non-ortho nitro benzene ring substituents is 1. The molecule has 178 valence electrons. The first-order valence-electron chi connectivity index (χ1n) is 11.1. The van der Waals surface area contributed by atoms with Gasteiger partial charge in [-0.1, -0.05) is 17.7 Å². The molecule has 0 spiro atoms. The van der Waals surface area contributed by atoms with Gasteiger partial charge in [0, 0.05) is 24.8 Å². The molecule has 1 amide bonds. The van der Waals surface area contributed by atoms with Crippen LogP contribution in [0.2, 0.25) is 0 Å². The monoisotopic (exact) mass is 464 g/mol. The normalized spacial score (nSPS) is 25.0. The van der Waals surface area contributed by atoms with Crippen molar-refractivity contribution in [2.24, 2.45) is 0 Å². The molecule has 0 radical (unpaired) electrons. The summed E-state index contributed by atoms with van der Waals surface area (Å²) in [4.78, 5) is 23.5. The number of nitrogens with zero attached hydrogens (tertiary/aromatic N) is 1. The van der Waals surface area contributed by atoms with E-state index in [1.165, 1.54) is 36.9 Å². The lowest BCUT2D eigenvalue weighted by Crippen LogP contribution is -2.53. The Balaban J connectivity index is 1.87. The predicted molar refractivity (Wildman–Crippen MR) is 129 cm³/mol. The lowest BCUT2D eigenvalue weighted by Gasteiger charge is -2.43. The minimum Gasteiger partial charge on any atom is -0.482 e. The van der Waals surface area contributed by atoms with Crippen molar-refractivity contribution < 1.29 is 24.3 Å². The summed E-state index contributed by atoms with van der Waals surface area (Å²) in [5, 5.41) is 26.1. The van der Waals surface area contributed by atoms with Gasteiger partial charge in [0.1, 0.15) is 11.4 Å². The lowest BCUT2D eigenvalue weighted by atomic mass is 9.76. The number of carbonyl (C=O) groups is 1. The maximum absolute atomic E-state index is 12.9. The predicted octanol–water partition coefficient (Wildman–Crippen LogP) is 4.71. The van der Waals surface area contributed by atoms with Gasteiger partial charge in [0.15, 0.2) is 11.7 Å². The van der Waals surface area contributed by atoms with Gasteiger partial charge in [-0.3, -0.25) is 14.9 Å². The van der Waals surface area contributed by atoms with Crippen LogP contribution in [0.4, 0.5) is 11.4 Å². The van der Waals surface area contributed by atoms with Crippen LogP contribution in [0.15, 0.2) is 54.1 Å².